The van der Waals surface area contributed by atoms with Crippen molar-refractivity contribution >= 4 is 0 Å². The molecule has 0 amide bonds. The van der Waals surface area contributed by atoms with E-state index in [9.17, 15) is 0 Å². The van der Waals surface area contributed by atoms with Gasteiger partial charge in [-0.3, -0.25) is 0 Å². The molecule has 0 bridgehead atoms. The predicted molar refractivity (Wildman–Crippen MR) is 32.7 cm³/mol. The summed E-state index contributed by atoms with van der Waals surface area (Å²) in [5, 5.41) is 8.87. The lowest BCUT2D eigenvalue weighted by Gasteiger charge is -2.11. The first kappa shape index (κ1) is 7.92. The number of hydrogen-bond acceptors (Lipinski definition) is 2. The number of aliphatic hydroxyl groups is 1. The molecule has 1 unspecified atom stereocenters. The molecule has 2 nitrogen and oxygen atoms in total. The topological polar surface area (TPSA) is 29.5 Å². The maximum atomic E-state index is 8.87. The summed E-state index contributed by atoms with van der Waals surface area (Å²) >= 11 is 0. The van der Waals surface area contributed by atoms with Crippen LogP contribution in [0.3, 0.4) is 0 Å². The van der Waals surface area contributed by atoms with Gasteiger partial charge in [0.1, 0.15) is 0 Å². The number of aliphatic hydroxyl groups excluding tert-OH is 1. The Balaban J connectivity index is 3.17. The van der Waals surface area contributed by atoms with E-state index in [4.69, 9.17) is 9.84 Å². The van der Waals surface area contributed by atoms with Crippen molar-refractivity contribution in [2.45, 2.75) is 20.0 Å². The Morgan fingerprint density at radius 2 is 2.00 bits per heavy atom. The van der Waals surface area contributed by atoms with Crippen LogP contribution in [0.1, 0.15) is 13.8 Å². The van der Waals surface area contributed by atoms with Gasteiger partial charge in [0.15, 0.2) is 0 Å². The van der Waals surface area contributed by atoms with E-state index in [2.05, 4.69) is 0 Å². The molecule has 50 valence electrons. The third-order valence-electron chi connectivity index (χ3n) is 1.25. The molecule has 0 aromatic heterocycles. The number of ether oxygens (including phenoxy) is 1. The zero-order valence-corrected chi connectivity index (χ0v) is 5.72. The molecule has 0 heterocycles. The molecule has 0 aliphatic carbocycles. The summed E-state index contributed by atoms with van der Waals surface area (Å²) in [7, 11) is 1.64. The van der Waals surface area contributed by atoms with Gasteiger partial charge in [0.25, 0.3) is 0 Å². The number of rotatable bonds is 3. The van der Waals surface area contributed by atoms with Gasteiger partial charge in [-0.15, -0.1) is 0 Å². The highest BCUT2D eigenvalue weighted by atomic mass is 16.5. The smallest absolute Gasteiger partial charge is 0.0559 e. The summed E-state index contributed by atoms with van der Waals surface area (Å²) < 4.78 is 4.80. The van der Waals surface area contributed by atoms with Crippen LogP contribution < -0.4 is 0 Å². The molecular weight excluding hydrogens is 104 g/mol. The summed E-state index contributed by atoms with van der Waals surface area (Å²) in [6, 6.07) is 0. The summed E-state index contributed by atoms with van der Waals surface area (Å²) in [6.45, 7) is 4.36. The molecule has 0 aliphatic heterocycles. The van der Waals surface area contributed by atoms with Crippen molar-refractivity contribution in [3.8, 4) is 0 Å². The van der Waals surface area contributed by atoms with Crippen LogP contribution in [0.4, 0.5) is 0 Å². The fraction of sp³-hybridized carbons (Fsp3) is 1.00. The Labute approximate surface area is 50.5 Å². The molecule has 0 radical (unpaired) electrons. The molecule has 8 heavy (non-hydrogen) atoms. The van der Waals surface area contributed by atoms with Crippen LogP contribution in [-0.4, -0.2) is 24.9 Å². The lowest BCUT2D eigenvalue weighted by molar-refractivity contribution is 0.0684. The fourth-order valence-corrected chi connectivity index (χ4v) is 0.402. The first-order valence-electron chi connectivity index (χ1n) is 2.85. The lowest BCUT2D eigenvalue weighted by atomic mass is 10.1. The van der Waals surface area contributed by atoms with Gasteiger partial charge in [0, 0.05) is 13.0 Å². The van der Waals surface area contributed by atoms with Crippen LogP contribution in [0.15, 0.2) is 0 Å². The molecule has 0 fully saturated rings. The SMILES string of the molecule is COCC(C)[C@H](C)O. The van der Waals surface area contributed by atoms with E-state index in [1.54, 1.807) is 14.0 Å². The first-order valence-corrected chi connectivity index (χ1v) is 2.85. The second kappa shape index (κ2) is 3.87. The fourth-order valence-electron chi connectivity index (χ4n) is 0.402. The zero-order valence-electron chi connectivity index (χ0n) is 5.72. The summed E-state index contributed by atoms with van der Waals surface area (Å²) in [5.41, 5.74) is 0. The van der Waals surface area contributed by atoms with Crippen LogP contribution in [-0.2, 0) is 4.74 Å². The van der Waals surface area contributed by atoms with E-state index in [0.717, 1.165) is 0 Å². The van der Waals surface area contributed by atoms with E-state index < -0.39 is 0 Å². The Morgan fingerprint density at radius 3 is 2.12 bits per heavy atom. The highest BCUT2D eigenvalue weighted by molar-refractivity contribution is 4.55. The number of hydrogen-bond donors (Lipinski definition) is 1. The van der Waals surface area contributed by atoms with Crippen molar-refractivity contribution in [1.82, 2.24) is 0 Å². The minimum Gasteiger partial charge on any atom is -0.393 e. The van der Waals surface area contributed by atoms with Crippen LogP contribution in [0.25, 0.3) is 0 Å². The summed E-state index contributed by atoms with van der Waals surface area (Å²) in [5.74, 6) is 0.250. The largest absolute Gasteiger partial charge is 0.393 e. The highest BCUT2D eigenvalue weighted by Crippen LogP contribution is 2.00. The van der Waals surface area contributed by atoms with E-state index in [-0.39, 0.29) is 12.0 Å². The minimum absolute atomic E-state index is 0.250. The van der Waals surface area contributed by atoms with Crippen LogP contribution in [0.2, 0.25) is 0 Å². The van der Waals surface area contributed by atoms with Crippen LogP contribution in [0.5, 0.6) is 0 Å². The lowest BCUT2D eigenvalue weighted by Crippen LogP contribution is -2.17. The zero-order chi connectivity index (χ0) is 6.57. The first-order chi connectivity index (χ1) is 3.68. The van der Waals surface area contributed by atoms with Gasteiger partial charge < -0.3 is 9.84 Å². The molecule has 0 aromatic rings. The Kier molecular flexibility index (Phi) is 3.83. The molecule has 0 rings (SSSR count). The van der Waals surface area contributed by atoms with E-state index >= 15 is 0 Å². The van der Waals surface area contributed by atoms with Crippen LogP contribution >= 0.6 is 0 Å². The number of methoxy groups -OCH3 is 1. The monoisotopic (exact) mass is 118 g/mol. The quantitative estimate of drug-likeness (QED) is 0.589. The van der Waals surface area contributed by atoms with Crippen molar-refractivity contribution in [3.05, 3.63) is 0 Å². The molecular formula is C6H14O2. The summed E-state index contributed by atoms with van der Waals surface area (Å²) in [4.78, 5) is 0. The molecule has 0 spiro atoms. The molecule has 2 heteroatoms. The average Bonchev–Trinajstić information content (AvgIpc) is 1.67. The second-order valence-electron chi connectivity index (χ2n) is 2.17. The molecule has 0 saturated heterocycles. The second-order valence-corrected chi connectivity index (χ2v) is 2.17. The molecule has 1 N–H and O–H groups in total. The molecule has 2 atom stereocenters. The Bertz CT molecular complexity index is 52.5. The van der Waals surface area contributed by atoms with Gasteiger partial charge >= 0.3 is 0 Å². The highest BCUT2D eigenvalue weighted by Gasteiger charge is 2.06. The van der Waals surface area contributed by atoms with E-state index in [1.165, 1.54) is 0 Å². The van der Waals surface area contributed by atoms with Gasteiger partial charge in [0.05, 0.1) is 12.7 Å². The standard InChI is InChI=1S/C6H14O2/c1-5(4-8-3)6(2)7/h5-7H,4H2,1-3H3/t5?,6-/m0/s1. The molecule has 0 aromatic carbocycles. The Morgan fingerprint density at radius 1 is 1.50 bits per heavy atom. The van der Waals surface area contributed by atoms with Gasteiger partial charge in [-0.05, 0) is 6.92 Å². The maximum absolute atomic E-state index is 8.87. The predicted octanol–water partition coefficient (Wildman–Crippen LogP) is 0.650. The van der Waals surface area contributed by atoms with Crippen molar-refractivity contribution in [3.63, 3.8) is 0 Å². The van der Waals surface area contributed by atoms with Gasteiger partial charge in [-0.25, -0.2) is 0 Å². The van der Waals surface area contributed by atoms with E-state index in [1.807, 2.05) is 6.92 Å². The normalized spacial score (nSPS) is 18.0. The maximum Gasteiger partial charge on any atom is 0.0559 e. The third kappa shape index (κ3) is 2.99. The molecule has 0 saturated carbocycles. The van der Waals surface area contributed by atoms with E-state index in [0.29, 0.717) is 6.61 Å². The van der Waals surface area contributed by atoms with Gasteiger partial charge in [-0.1, -0.05) is 6.92 Å². The third-order valence-corrected chi connectivity index (χ3v) is 1.25. The van der Waals surface area contributed by atoms with Crippen LogP contribution in [0, 0.1) is 5.92 Å². The average molecular weight is 118 g/mol. The molecule has 0 aliphatic rings. The van der Waals surface area contributed by atoms with Crippen molar-refractivity contribution in [1.29, 1.82) is 0 Å². The van der Waals surface area contributed by atoms with Crippen molar-refractivity contribution < 1.29 is 9.84 Å². The summed E-state index contributed by atoms with van der Waals surface area (Å²) in [6.07, 6.45) is -0.255. The Hall–Kier alpha value is -0.0800. The van der Waals surface area contributed by atoms with Gasteiger partial charge in [0.2, 0.25) is 0 Å². The van der Waals surface area contributed by atoms with Gasteiger partial charge in [-0.2, -0.15) is 0 Å². The van der Waals surface area contributed by atoms with Crippen molar-refractivity contribution in [2.24, 2.45) is 5.92 Å². The minimum atomic E-state index is -0.255. The van der Waals surface area contributed by atoms with Crippen molar-refractivity contribution in [2.75, 3.05) is 13.7 Å².